The third-order valence-corrected chi connectivity index (χ3v) is 25.8. The first kappa shape index (κ1) is 69.5. The molecule has 2 aromatic heterocycles. The number of hydrogen-bond acceptors (Lipinski definition) is 11. The minimum atomic E-state index is -2.26. The smallest absolute Gasteiger partial charge is 0.410 e. The number of esters is 1. The van der Waals surface area contributed by atoms with Crippen LogP contribution in [0.25, 0.3) is 21.8 Å². The van der Waals surface area contributed by atoms with Gasteiger partial charge in [-0.05, 0) is 149 Å². The number of likely N-dealkylation sites (tertiary alicyclic amines) is 2. The van der Waals surface area contributed by atoms with Crippen LogP contribution >= 0.6 is 0 Å². The van der Waals surface area contributed by atoms with Gasteiger partial charge >= 0.3 is 24.2 Å². The molecule has 2 aliphatic rings. The van der Waals surface area contributed by atoms with Gasteiger partial charge in [0, 0.05) is 79.1 Å². The summed E-state index contributed by atoms with van der Waals surface area (Å²) in [5, 5.41) is 4.65. The van der Waals surface area contributed by atoms with Crippen molar-refractivity contribution in [2.24, 2.45) is 5.73 Å². The Morgan fingerprint density at radius 1 is 0.598 bits per heavy atom. The third-order valence-electron chi connectivity index (χ3n) is 16.7. The molecule has 476 valence electrons. The van der Waals surface area contributed by atoms with Crippen LogP contribution in [0.1, 0.15) is 137 Å². The second-order valence-corrected chi connectivity index (χ2v) is 37.3. The molecule has 0 bridgehead atoms. The number of ether oxygens (including phenoxy) is 4. The van der Waals surface area contributed by atoms with E-state index in [9.17, 15) is 28.0 Å². The van der Waals surface area contributed by atoms with E-state index in [2.05, 4.69) is 83.0 Å². The molecule has 0 spiro atoms. The predicted molar refractivity (Wildman–Crippen MR) is 344 cm³/mol. The van der Waals surface area contributed by atoms with Crippen molar-refractivity contribution in [1.29, 1.82) is 0 Å². The number of alkyl carbamates (subject to hydrolysis) is 1. The highest BCUT2D eigenvalue weighted by Gasteiger charge is 2.51. The third kappa shape index (κ3) is 19.0. The number of benzene rings is 4. The summed E-state index contributed by atoms with van der Waals surface area (Å²) in [6.45, 7) is 36.6. The summed E-state index contributed by atoms with van der Waals surface area (Å²) >= 11 is 0. The number of fused-ring (bicyclic) bond motifs is 2. The Morgan fingerprint density at radius 3 is 1.37 bits per heavy atom. The number of nitrogens with one attached hydrogen (secondary N) is 3. The van der Waals surface area contributed by atoms with Gasteiger partial charge in [-0.1, -0.05) is 102 Å². The first-order chi connectivity index (χ1) is 40.5. The highest BCUT2D eigenvalue weighted by atomic mass is 28.4. The monoisotopic (exact) mass is 1240 g/mol. The van der Waals surface area contributed by atoms with E-state index < -0.39 is 52.0 Å². The van der Waals surface area contributed by atoms with Crippen LogP contribution < -0.4 is 11.1 Å². The van der Waals surface area contributed by atoms with Gasteiger partial charge in [0.2, 0.25) is 0 Å². The molecule has 0 aliphatic carbocycles. The van der Waals surface area contributed by atoms with Gasteiger partial charge in [-0.25, -0.2) is 23.2 Å². The van der Waals surface area contributed by atoms with E-state index in [0.29, 0.717) is 43.7 Å². The summed E-state index contributed by atoms with van der Waals surface area (Å²) < 4.78 is 63.7. The lowest BCUT2D eigenvalue weighted by atomic mass is 9.88. The van der Waals surface area contributed by atoms with Gasteiger partial charge in [-0.3, -0.25) is 4.79 Å². The van der Waals surface area contributed by atoms with Crippen molar-refractivity contribution in [1.82, 2.24) is 25.1 Å². The Balaban J connectivity index is 0.000000242. The molecule has 2 aliphatic heterocycles. The van der Waals surface area contributed by atoms with Crippen molar-refractivity contribution < 1.29 is 55.8 Å². The number of H-pyrrole nitrogens is 2. The van der Waals surface area contributed by atoms with Gasteiger partial charge in [0.15, 0.2) is 16.6 Å². The Morgan fingerprint density at radius 2 is 0.989 bits per heavy atom. The Labute approximate surface area is 516 Å². The number of aromatic amines is 2. The molecule has 20 heteroatoms. The molecule has 16 nitrogen and oxygen atoms in total. The SMILES string of the molecule is CC(=O)OCc1ccccc1.CC(C)(C)OC(=O)N1CC[C@H](O[Si](C)(C)C(C)(C)C)[C@H]1[C@H](CN)c1c[nH]c2cc(F)ccc12.CC(C)(C)OC(=O)N1CC[C@H](O[Si](C)(C)C(C)(C)C)[C@H]1[C@H](CNC(=O)OCc1ccccc1)c1c[nH]c2cc(F)ccc12. The number of carbonyl (C=O) groups is 4. The molecule has 0 radical (unpaired) electrons. The highest BCUT2D eigenvalue weighted by Crippen LogP contribution is 2.45. The van der Waals surface area contributed by atoms with Crippen LogP contribution in [0.3, 0.4) is 0 Å². The van der Waals surface area contributed by atoms with Gasteiger partial charge in [-0.15, -0.1) is 0 Å². The van der Waals surface area contributed by atoms with Crippen LogP contribution in [-0.2, 0) is 45.8 Å². The lowest BCUT2D eigenvalue weighted by molar-refractivity contribution is -0.142. The second-order valence-electron chi connectivity index (χ2n) is 27.8. The fourth-order valence-electron chi connectivity index (χ4n) is 10.4. The standard InChI is InChI=1S/C33H46FN3O5Si.C25H40FN3O3Si.C9H10O2/c1-32(2,3)41-31(39)37-17-16-28(42-43(7,8)33(4,5)6)29(37)26(25-19-35-27-18-23(34)14-15-24(25)27)20-36-30(38)40-21-22-12-10-9-11-13-22;1-24(2,3)31-23(30)29-12-11-21(32-33(7,8)25(4,5)6)22(29)18(14-27)19-15-28-20-13-16(26)9-10-17(19)20;1-8(10)11-7-9-5-3-2-4-6-9/h9-15,18-19,26,28-29,35H,16-17,20-21H2,1-8H3,(H,36,38);9-10,13,15,18,21-22,28H,11-12,14,27H2,1-8H3;2-6H,7H2,1H3/t26-,28+,29-;18-,21+,22-;/m11./s1. The normalized spacial score (nSPS) is 18.3. The number of rotatable bonds is 15. The van der Waals surface area contributed by atoms with Gasteiger partial charge in [0.1, 0.15) is 36.1 Å². The van der Waals surface area contributed by atoms with Crippen molar-refractivity contribution in [2.45, 2.75) is 200 Å². The predicted octanol–water partition coefficient (Wildman–Crippen LogP) is 15.2. The van der Waals surface area contributed by atoms with E-state index in [-0.39, 0.29) is 71.1 Å². The molecule has 6 aromatic rings. The minimum Gasteiger partial charge on any atom is -0.461 e. The van der Waals surface area contributed by atoms with E-state index in [1.165, 1.54) is 31.2 Å². The molecule has 4 heterocycles. The number of halogens is 2. The first-order valence-electron chi connectivity index (χ1n) is 30.2. The van der Waals surface area contributed by atoms with Crippen molar-refractivity contribution in [3.63, 3.8) is 0 Å². The van der Waals surface area contributed by atoms with E-state index in [4.69, 9.17) is 33.5 Å². The second kappa shape index (κ2) is 28.7. The first-order valence-corrected chi connectivity index (χ1v) is 36.0. The molecule has 2 fully saturated rings. The number of nitrogens with two attached hydrogens (primary N) is 1. The van der Waals surface area contributed by atoms with Crippen LogP contribution in [0.4, 0.5) is 23.2 Å². The van der Waals surface area contributed by atoms with E-state index in [1.54, 1.807) is 21.9 Å². The molecule has 4 aromatic carbocycles. The number of nitrogens with zero attached hydrogens (tertiary/aromatic N) is 2. The van der Waals surface area contributed by atoms with Gasteiger partial charge in [0.25, 0.3) is 0 Å². The summed E-state index contributed by atoms with van der Waals surface area (Å²) in [7, 11) is -4.36. The summed E-state index contributed by atoms with van der Waals surface area (Å²) in [5.41, 5.74) is 10.1. The number of amides is 3. The summed E-state index contributed by atoms with van der Waals surface area (Å²) in [5.74, 6) is -1.48. The Hall–Kier alpha value is -6.59. The number of aromatic nitrogens is 2. The summed E-state index contributed by atoms with van der Waals surface area (Å²) in [4.78, 5) is 60.1. The van der Waals surface area contributed by atoms with Crippen LogP contribution in [0.5, 0.6) is 0 Å². The van der Waals surface area contributed by atoms with Crippen LogP contribution in [0, 0.1) is 11.6 Å². The molecule has 0 unspecified atom stereocenters. The Bertz CT molecular complexity index is 3240. The molecule has 5 N–H and O–H groups in total. The topological polar surface area (TPSA) is 200 Å². The fraction of sp³-hybridized carbons (Fsp3) is 0.522. The van der Waals surface area contributed by atoms with Gasteiger partial charge in [-0.2, -0.15) is 0 Å². The minimum absolute atomic E-state index is 0.0351. The Kier molecular flexibility index (Phi) is 22.9. The molecule has 87 heavy (non-hydrogen) atoms. The molecule has 3 amide bonds. The average Bonchev–Trinajstić information content (AvgIpc) is 1.74. The largest absolute Gasteiger partial charge is 0.461 e. The lowest BCUT2D eigenvalue weighted by Gasteiger charge is -2.42. The number of hydrogen-bond donors (Lipinski definition) is 4. The van der Waals surface area contributed by atoms with Crippen LogP contribution in [0.2, 0.25) is 36.3 Å². The van der Waals surface area contributed by atoms with Crippen LogP contribution in [-0.4, -0.2) is 122 Å². The molecular weight excluding hydrogens is 1140 g/mol. The van der Waals surface area contributed by atoms with Crippen molar-refractivity contribution >= 4 is 62.7 Å². The zero-order chi connectivity index (χ0) is 64.5. The van der Waals surface area contributed by atoms with Crippen LogP contribution in [0.15, 0.2) is 109 Å². The zero-order valence-corrected chi connectivity index (χ0v) is 56.3. The van der Waals surface area contributed by atoms with Crippen molar-refractivity contribution in [3.05, 3.63) is 143 Å². The van der Waals surface area contributed by atoms with E-state index in [0.717, 1.165) is 39.4 Å². The van der Waals surface area contributed by atoms with Crippen molar-refractivity contribution in [2.75, 3.05) is 26.2 Å². The molecule has 0 saturated carbocycles. The molecular formula is C67H96F2N6O10Si2. The fourth-order valence-corrected chi connectivity index (χ4v) is 13.1. The summed E-state index contributed by atoms with van der Waals surface area (Å²) in [6.07, 6.45) is 3.27. The molecule has 6 atom stereocenters. The van der Waals surface area contributed by atoms with E-state index in [1.807, 2.05) is 115 Å². The van der Waals surface area contributed by atoms with E-state index >= 15 is 0 Å². The quantitative estimate of drug-likeness (QED) is 0.0433. The van der Waals surface area contributed by atoms with Gasteiger partial charge < -0.3 is 58.6 Å². The summed E-state index contributed by atoms with van der Waals surface area (Å²) in [6, 6.07) is 27.6. The maximum absolute atomic E-state index is 14.1. The maximum atomic E-state index is 14.1. The maximum Gasteiger partial charge on any atom is 0.410 e. The molecule has 2 saturated heterocycles. The highest BCUT2D eigenvalue weighted by molar-refractivity contribution is 6.74. The zero-order valence-electron chi connectivity index (χ0n) is 54.3. The van der Waals surface area contributed by atoms with Crippen molar-refractivity contribution in [3.8, 4) is 0 Å². The van der Waals surface area contributed by atoms with Gasteiger partial charge in [0.05, 0.1) is 24.3 Å². The lowest BCUT2D eigenvalue weighted by Crippen LogP contribution is -2.52. The average molecular weight is 1240 g/mol. The molecule has 8 rings (SSSR count). The number of carbonyl (C=O) groups excluding carboxylic acids is 4.